The maximum absolute atomic E-state index is 5.53. The molecule has 6 nitrogen and oxygen atoms in total. The summed E-state index contributed by atoms with van der Waals surface area (Å²) in [7, 11) is 3.33. The summed E-state index contributed by atoms with van der Waals surface area (Å²) in [5.74, 6) is 1.68. The smallest absolute Gasteiger partial charge is 0.184 e. The van der Waals surface area contributed by atoms with Gasteiger partial charge in [0.05, 0.1) is 14.2 Å². The van der Waals surface area contributed by atoms with Crippen molar-refractivity contribution in [2.75, 3.05) is 14.2 Å². The molecular weight excluding hydrogens is 360 g/mol. The average Bonchev–Trinajstić information content (AvgIpc) is 2.72. The molecule has 2 aromatic carbocycles. The maximum atomic E-state index is 5.53. The SMILES string of the molecule is COc1ccc(C2CC(=NNC(N)=S)CC(c3ccc(OC)cc3)N2)cc1. The first-order chi connectivity index (χ1) is 13.1. The number of hydrogen-bond acceptors (Lipinski definition) is 5. The molecule has 0 amide bonds. The van der Waals surface area contributed by atoms with Crippen molar-refractivity contribution >= 4 is 23.0 Å². The van der Waals surface area contributed by atoms with Gasteiger partial charge in [0, 0.05) is 30.6 Å². The molecule has 0 aliphatic carbocycles. The third-order valence-electron chi connectivity index (χ3n) is 4.64. The quantitative estimate of drug-likeness (QED) is 0.543. The Morgan fingerprint density at radius 2 is 1.41 bits per heavy atom. The molecule has 1 saturated heterocycles. The van der Waals surface area contributed by atoms with E-state index in [2.05, 4.69) is 40.1 Å². The second-order valence-corrected chi connectivity index (χ2v) is 6.82. The van der Waals surface area contributed by atoms with E-state index >= 15 is 0 Å². The standard InChI is InChI=1S/C20H24N4O2S/c1-25-16-7-3-13(4-8-16)18-11-15(23-24-20(21)27)12-19(22-18)14-5-9-17(26-2)10-6-14/h3-10,18-19,22H,11-12H2,1-2H3,(H3,21,24,27). The molecule has 2 unspecified atom stereocenters. The fourth-order valence-corrected chi connectivity index (χ4v) is 3.29. The van der Waals surface area contributed by atoms with E-state index in [0.717, 1.165) is 30.1 Å². The molecule has 7 heteroatoms. The van der Waals surface area contributed by atoms with Crippen LogP contribution in [0, 0.1) is 0 Å². The first kappa shape index (κ1) is 19.1. The largest absolute Gasteiger partial charge is 0.497 e. The van der Waals surface area contributed by atoms with Gasteiger partial charge < -0.3 is 20.5 Å². The van der Waals surface area contributed by atoms with Gasteiger partial charge in [-0.05, 0) is 47.6 Å². The Morgan fingerprint density at radius 3 is 1.78 bits per heavy atom. The second kappa shape index (κ2) is 8.83. The predicted octanol–water partition coefficient (Wildman–Crippen LogP) is 3.06. The molecule has 2 atom stereocenters. The molecule has 1 heterocycles. The zero-order chi connectivity index (χ0) is 19.2. The minimum atomic E-state index is 0.128. The minimum absolute atomic E-state index is 0.128. The number of ether oxygens (including phenoxy) is 2. The van der Waals surface area contributed by atoms with E-state index in [1.54, 1.807) is 14.2 Å². The summed E-state index contributed by atoms with van der Waals surface area (Å²) < 4.78 is 10.5. The van der Waals surface area contributed by atoms with Crippen LogP contribution in [0.2, 0.25) is 0 Å². The van der Waals surface area contributed by atoms with Crippen molar-refractivity contribution in [2.24, 2.45) is 10.8 Å². The molecule has 1 aliphatic heterocycles. The van der Waals surface area contributed by atoms with E-state index in [0.29, 0.717) is 0 Å². The van der Waals surface area contributed by atoms with Crippen molar-refractivity contribution in [3.05, 3.63) is 59.7 Å². The number of benzene rings is 2. The number of nitrogens with zero attached hydrogens (tertiary/aromatic N) is 1. The first-order valence-electron chi connectivity index (χ1n) is 8.74. The van der Waals surface area contributed by atoms with Crippen molar-refractivity contribution in [2.45, 2.75) is 24.9 Å². The van der Waals surface area contributed by atoms with E-state index in [4.69, 9.17) is 27.4 Å². The topological polar surface area (TPSA) is 80.9 Å². The molecule has 0 radical (unpaired) electrons. The molecule has 0 bridgehead atoms. The highest BCUT2D eigenvalue weighted by Crippen LogP contribution is 2.32. The van der Waals surface area contributed by atoms with E-state index in [9.17, 15) is 0 Å². The molecule has 142 valence electrons. The molecule has 1 fully saturated rings. The van der Waals surface area contributed by atoms with Gasteiger partial charge in [-0.25, -0.2) is 0 Å². The van der Waals surface area contributed by atoms with Crippen molar-refractivity contribution < 1.29 is 9.47 Å². The van der Waals surface area contributed by atoms with Crippen LogP contribution in [0.5, 0.6) is 11.5 Å². The molecule has 0 spiro atoms. The normalized spacial score (nSPS) is 19.3. The Morgan fingerprint density at radius 1 is 0.963 bits per heavy atom. The van der Waals surface area contributed by atoms with Gasteiger partial charge in [0.15, 0.2) is 5.11 Å². The van der Waals surface area contributed by atoms with Crippen LogP contribution in [-0.4, -0.2) is 25.0 Å². The first-order valence-corrected chi connectivity index (χ1v) is 9.14. The minimum Gasteiger partial charge on any atom is -0.497 e. The summed E-state index contributed by atoms with van der Waals surface area (Å²) in [6.07, 6.45) is 1.54. The van der Waals surface area contributed by atoms with Crippen molar-refractivity contribution in [3.8, 4) is 11.5 Å². The Hall–Kier alpha value is -2.64. The molecule has 0 saturated carbocycles. The number of methoxy groups -OCH3 is 2. The molecular formula is C20H24N4O2S. The van der Waals surface area contributed by atoms with Crippen LogP contribution in [0.4, 0.5) is 0 Å². The molecule has 4 N–H and O–H groups in total. The third kappa shape index (κ3) is 4.96. The van der Waals surface area contributed by atoms with Gasteiger partial charge >= 0.3 is 0 Å². The van der Waals surface area contributed by atoms with Crippen LogP contribution < -0.4 is 25.9 Å². The Kier molecular flexibility index (Phi) is 6.26. The fourth-order valence-electron chi connectivity index (χ4n) is 3.24. The van der Waals surface area contributed by atoms with Gasteiger partial charge in [-0.1, -0.05) is 24.3 Å². The van der Waals surface area contributed by atoms with Crippen molar-refractivity contribution in [1.82, 2.24) is 10.7 Å². The summed E-state index contributed by atoms with van der Waals surface area (Å²) in [5.41, 5.74) is 11.6. The summed E-state index contributed by atoms with van der Waals surface area (Å²) in [5, 5.41) is 8.31. The lowest BCUT2D eigenvalue weighted by Crippen LogP contribution is -2.36. The Balaban J connectivity index is 1.85. The highest BCUT2D eigenvalue weighted by atomic mass is 32.1. The number of thiocarbonyl (C=S) groups is 1. The second-order valence-electron chi connectivity index (χ2n) is 6.38. The van der Waals surface area contributed by atoms with Gasteiger partial charge in [0.2, 0.25) is 0 Å². The Labute approximate surface area is 164 Å². The van der Waals surface area contributed by atoms with Crippen LogP contribution in [0.25, 0.3) is 0 Å². The van der Waals surface area contributed by atoms with Gasteiger partial charge in [-0.3, -0.25) is 5.43 Å². The van der Waals surface area contributed by atoms with Gasteiger partial charge in [-0.15, -0.1) is 0 Å². The molecule has 27 heavy (non-hydrogen) atoms. The lowest BCUT2D eigenvalue weighted by atomic mass is 9.89. The van der Waals surface area contributed by atoms with Crippen LogP contribution in [0.3, 0.4) is 0 Å². The lowest BCUT2D eigenvalue weighted by molar-refractivity contribution is 0.409. The number of rotatable bonds is 5. The number of nitrogens with two attached hydrogens (primary N) is 1. The lowest BCUT2D eigenvalue weighted by Gasteiger charge is -2.33. The number of piperidine rings is 1. The fraction of sp³-hybridized carbons (Fsp3) is 0.300. The van der Waals surface area contributed by atoms with Crippen LogP contribution in [0.1, 0.15) is 36.1 Å². The number of hydrazone groups is 1. The van der Waals surface area contributed by atoms with E-state index in [1.807, 2.05) is 24.3 Å². The number of nitrogens with one attached hydrogen (secondary N) is 2. The number of hydrogen-bond donors (Lipinski definition) is 3. The molecule has 3 rings (SSSR count). The van der Waals surface area contributed by atoms with Crippen LogP contribution >= 0.6 is 12.2 Å². The summed E-state index contributed by atoms with van der Waals surface area (Å²) in [4.78, 5) is 0. The Bertz CT molecular complexity index is 748. The maximum Gasteiger partial charge on any atom is 0.184 e. The highest BCUT2D eigenvalue weighted by molar-refractivity contribution is 7.80. The van der Waals surface area contributed by atoms with Gasteiger partial charge in [-0.2, -0.15) is 5.10 Å². The van der Waals surface area contributed by atoms with E-state index < -0.39 is 0 Å². The average molecular weight is 385 g/mol. The monoisotopic (exact) mass is 384 g/mol. The van der Waals surface area contributed by atoms with Crippen LogP contribution in [-0.2, 0) is 0 Å². The van der Waals surface area contributed by atoms with Gasteiger partial charge in [0.1, 0.15) is 11.5 Å². The predicted molar refractivity (Wildman–Crippen MR) is 111 cm³/mol. The zero-order valence-electron chi connectivity index (χ0n) is 15.4. The van der Waals surface area contributed by atoms with Crippen molar-refractivity contribution in [1.29, 1.82) is 0 Å². The van der Waals surface area contributed by atoms with Gasteiger partial charge in [0.25, 0.3) is 0 Å². The summed E-state index contributed by atoms with van der Waals surface area (Å²) in [6, 6.07) is 16.4. The summed E-state index contributed by atoms with van der Waals surface area (Å²) >= 11 is 4.88. The summed E-state index contributed by atoms with van der Waals surface area (Å²) in [6.45, 7) is 0. The van der Waals surface area contributed by atoms with E-state index in [-0.39, 0.29) is 17.2 Å². The molecule has 0 aromatic heterocycles. The zero-order valence-corrected chi connectivity index (χ0v) is 16.3. The van der Waals surface area contributed by atoms with Crippen LogP contribution in [0.15, 0.2) is 53.6 Å². The third-order valence-corrected chi connectivity index (χ3v) is 4.73. The highest BCUT2D eigenvalue weighted by Gasteiger charge is 2.27. The van der Waals surface area contributed by atoms with E-state index in [1.165, 1.54) is 11.1 Å². The molecule has 1 aliphatic rings. The van der Waals surface area contributed by atoms with Crippen molar-refractivity contribution in [3.63, 3.8) is 0 Å². The molecule has 2 aromatic rings.